The Kier molecular flexibility index (Phi) is 6.14. The van der Waals surface area contributed by atoms with E-state index in [2.05, 4.69) is 10.3 Å². The molecule has 0 aliphatic heterocycles. The molecule has 128 valence electrons. The third-order valence-electron chi connectivity index (χ3n) is 3.46. The first-order chi connectivity index (χ1) is 12.2. The van der Waals surface area contributed by atoms with Crippen LogP contribution in [0.5, 0.6) is 0 Å². The highest BCUT2D eigenvalue weighted by molar-refractivity contribution is 7.99. The van der Waals surface area contributed by atoms with Crippen LogP contribution in [0.4, 0.5) is 0 Å². The zero-order chi connectivity index (χ0) is 17.5. The van der Waals surface area contributed by atoms with Crippen LogP contribution in [0.2, 0.25) is 5.02 Å². The smallest absolute Gasteiger partial charge is 0.230 e. The van der Waals surface area contributed by atoms with Crippen molar-refractivity contribution in [1.82, 2.24) is 10.3 Å². The highest BCUT2D eigenvalue weighted by atomic mass is 35.5. The molecule has 0 bridgehead atoms. The van der Waals surface area contributed by atoms with Crippen molar-refractivity contribution in [2.24, 2.45) is 0 Å². The van der Waals surface area contributed by atoms with Crippen molar-refractivity contribution in [1.29, 1.82) is 0 Å². The Hall–Kier alpha value is -2.24. The average molecular weight is 373 g/mol. The predicted octanol–water partition coefficient (Wildman–Crippen LogP) is 4.54. The van der Waals surface area contributed by atoms with Crippen molar-refractivity contribution in [2.45, 2.75) is 12.3 Å². The fraction of sp³-hybridized carbons (Fsp3) is 0.158. The summed E-state index contributed by atoms with van der Waals surface area (Å²) in [5.74, 6) is 1.57. The quantitative estimate of drug-likeness (QED) is 0.661. The third-order valence-corrected chi connectivity index (χ3v) is 4.68. The van der Waals surface area contributed by atoms with Crippen LogP contribution in [-0.2, 0) is 17.1 Å². The summed E-state index contributed by atoms with van der Waals surface area (Å²) in [6.45, 7) is 0.547. The van der Waals surface area contributed by atoms with E-state index in [1.807, 2.05) is 42.5 Å². The van der Waals surface area contributed by atoms with E-state index in [0.29, 0.717) is 29.0 Å². The van der Waals surface area contributed by atoms with Gasteiger partial charge in [0.25, 0.3) is 0 Å². The van der Waals surface area contributed by atoms with Gasteiger partial charge in [0.1, 0.15) is 6.26 Å². The van der Waals surface area contributed by atoms with E-state index in [0.717, 1.165) is 16.8 Å². The fourth-order valence-corrected chi connectivity index (χ4v) is 3.05. The maximum absolute atomic E-state index is 11.9. The number of benzene rings is 2. The van der Waals surface area contributed by atoms with E-state index in [1.165, 1.54) is 11.8 Å². The molecule has 3 aromatic rings. The summed E-state index contributed by atoms with van der Waals surface area (Å²) in [4.78, 5) is 16.3. The van der Waals surface area contributed by atoms with Gasteiger partial charge in [-0.1, -0.05) is 41.9 Å². The Morgan fingerprint density at radius 1 is 1.12 bits per heavy atom. The summed E-state index contributed by atoms with van der Waals surface area (Å²) in [6.07, 6.45) is 1.62. The van der Waals surface area contributed by atoms with E-state index in [1.54, 1.807) is 18.4 Å². The highest BCUT2D eigenvalue weighted by Crippen LogP contribution is 2.22. The van der Waals surface area contributed by atoms with Gasteiger partial charge in [-0.3, -0.25) is 4.79 Å². The summed E-state index contributed by atoms with van der Waals surface area (Å²) < 4.78 is 5.49. The summed E-state index contributed by atoms with van der Waals surface area (Å²) in [7, 11) is 0. The number of carbonyl (C=O) groups is 1. The lowest BCUT2D eigenvalue weighted by molar-refractivity contribution is -0.118. The standard InChI is InChI=1S/C19H17ClN2O2S/c20-16-8-6-15(7-9-16)19-22-17(11-24-19)12-25-13-18(23)21-10-14-4-2-1-3-5-14/h1-9,11H,10,12-13H2,(H,21,23). The summed E-state index contributed by atoms with van der Waals surface area (Å²) in [5.41, 5.74) is 2.78. The number of amides is 1. The van der Waals surface area contributed by atoms with Crippen LogP contribution in [-0.4, -0.2) is 16.6 Å². The Morgan fingerprint density at radius 2 is 1.88 bits per heavy atom. The molecule has 1 amide bonds. The number of oxazole rings is 1. The lowest BCUT2D eigenvalue weighted by Gasteiger charge is -2.04. The second-order valence-electron chi connectivity index (χ2n) is 5.41. The number of aromatic nitrogens is 1. The molecule has 0 saturated heterocycles. The Bertz CT molecular complexity index is 819. The second-order valence-corrected chi connectivity index (χ2v) is 6.83. The molecule has 0 spiro atoms. The first kappa shape index (κ1) is 17.6. The number of halogens is 1. The molecule has 4 nitrogen and oxygen atoms in total. The molecule has 0 aliphatic carbocycles. The number of hydrogen-bond donors (Lipinski definition) is 1. The van der Waals surface area contributed by atoms with Gasteiger partial charge in [0.05, 0.1) is 11.4 Å². The van der Waals surface area contributed by atoms with Crippen molar-refractivity contribution in [3.8, 4) is 11.5 Å². The molecule has 25 heavy (non-hydrogen) atoms. The van der Waals surface area contributed by atoms with E-state index in [4.69, 9.17) is 16.0 Å². The van der Waals surface area contributed by atoms with Gasteiger partial charge in [0, 0.05) is 22.9 Å². The van der Waals surface area contributed by atoms with Crippen LogP contribution in [0.15, 0.2) is 65.3 Å². The van der Waals surface area contributed by atoms with E-state index in [9.17, 15) is 4.79 Å². The molecule has 1 aromatic heterocycles. The fourth-order valence-electron chi connectivity index (χ4n) is 2.19. The number of rotatable bonds is 7. The molecular formula is C19H17ClN2O2S. The van der Waals surface area contributed by atoms with Crippen molar-refractivity contribution < 1.29 is 9.21 Å². The molecule has 0 unspecified atom stereocenters. The normalized spacial score (nSPS) is 10.6. The van der Waals surface area contributed by atoms with Gasteiger partial charge in [0.15, 0.2) is 0 Å². The molecule has 3 rings (SSSR count). The predicted molar refractivity (Wildman–Crippen MR) is 101 cm³/mol. The largest absolute Gasteiger partial charge is 0.444 e. The minimum Gasteiger partial charge on any atom is -0.444 e. The van der Waals surface area contributed by atoms with Crippen LogP contribution in [0.3, 0.4) is 0 Å². The summed E-state index contributed by atoms with van der Waals surface area (Å²) in [5, 5.41) is 3.58. The molecule has 0 radical (unpaired) electrons. The van der Waals surface area contributed by atoms with Crippen LogP contribution in [0, 0.1) is 0 Å². The first-order valence-corrected chi connectivity index (χ1v) is 9.33. The molecule has 2 aromatic carbocycles. The molecule has 6 heteroatoms. The number of carbonyl (C=O) groups excluding carboxylic acids is 1. The Labute approximate surface area is 155 Å². The molecule has 0 saturated carbocycles. The SMILES string of the molecule is O=C(CSCc1coc(-c2ccc(Cl)cc2)n1)NCc1ccccc1. The third kappa shape index (κ3) is 5.37. The van der Waals surface area contributed by atoms with Crippen LogP contribution in [0.25, 0.3) is 11.5 Å². The topological polar surface area (TPSA) is 55.1 Å². The lowest BCUT2D eigenvalue weighted by atomic mass is 10.2. The monoisotopic (exact) mass is 372 g/mol. The Morgan fingerprint density at radius 3 is 2.64 bits per heavy atom. The minimum absolute atomic E-state index is 0.00951. The van der Waals surface area contributed by atoms with Crippen LogP contribution < -0.4 is 5.32 Å². The van der Waals surface area contributed by atoms with Crippen molar-refractivity contribution in [2.75, 3.05) is 5.75 Å². The van der Waals surface area contributed by atoms with Gasteiger partial charge in [0.2, 0.25) is 11.8 Å². The van der Waals surface area contributed by atoms with Gasteiger partial charge >= 0.3 is 0 Å². The van der Waals surface area contributed by atoms with Crippen LogP contribution >= 0.6 is 23.4 Å². The maximum Gasteiger partial charge on any atom is 0.230 e. The van der Waals surface area contributed by atoms with E-state index < -0.39 is 0 Å². The zero-order valence-electron chi connectivity index (χ0n) is 13.4. The number of thioether (sulfide) groups is 1. The number of nitrogens with one attached hydrogen (secondary N) is 1. The average Bonchev–Trinajstić information content (AvgIpc) is 3.10. The molecule has 0 atom stereocenters. The van der Waals surface area contributed by atoms with Crippen molar-refractivity contribution >= 4 is 29.3 Å². The van der Waals surface area contributed by atoms with Crippen molar-refractivity contribution in [3.05, 3.63) is 77.1 Å². The first-order valence-electron chi connectivity index (χ1n) is 7.79. The van der Waals surface area contributed by atoms with Crippen molar-refractivity contribution in [3.63, 3.8) is 0 Å². The minimum atomic E-state index is 0.00951. The van der Waals surface area contributed by atoms with E-state index >= 15 is 0 Å². The lowest BCUT2D eigenvalue weighted by Crippen LogP contribution is -2.24. The summed E-state index contributed by atoms with van der Waals surface area (Å²) in [6, 6.07) is 17.2. The molecule has 0 fully saturated rings. The Balaban J connectivity index is 1.43. The van der Waals surface area contributed by atoms with Gasteiger partial charge in [-0.2, -0.15) is 0 Å². The zero-order valence-corrected chi connectivity index (χ0v) is 15.0. The van der Waals surface area contributed by atoms with Gasteiger partial charge in [-0.15, -0.1) is 11.8 Å². The van der Waals surface area contributed by atoms with Crippen LogP contribution in [0.1, 0.15) is 11.3 Å². The van der Waals surface area contributed by atoms with Gasteiger partial charge in [-0.25, -0.2) is 4.98 Å². The highest BCUT2D eigenvalue weighted by Gasteiger charge is 2.08. The molecule has 1 heterocycles. The maximum atomic E-state index is 11.9. The van der Waals surface area contributed by atoms with Gasteiger partial charge in [-0.05, 0) is 29.8 Å². The molecular weight excluding hydrogens is 356 g/mol. The molecule has 0 aliphatic rings. The van der Waals surface area contributed by atoms with Gasteiger partial charge < -0.3 is 9.73 Å². The molecule has 1 N–H and O–H groups in total. The summed E-state index contributed by atoms with van der Waals surface area (Å²) >= 11 is 7.38. The second kappa shape index (κ2) is 8.74. The van der Waals surface area contributed by atoms with E-state index in [-0.39, 0.29) is 5.91 Å². The number of hydrogen-bond acceptors (Lipinski definition) is 4. The number of nitrogens with zero attached hydrogens (tertiary/aromatic N) is 1.